The number of rotatable bonds is 6. The zero-order chi connectivity index (χ0) is 19.2. The molecule has 2 aromatic carbocycles. The van der Waals surface area contributed by atoms with Gasteiger partial charge in [0.05, 0.1) is 12.3 Å². The molecule has 0 radical (unpaired) electrons. The summed E-state index contributed by atoms with van der Waals surface area (Å²) in [5.41, 5.74) is 4.06. The van der Waals surface area contributed by atoms with E-state index >= 15 is 0 Å². The van der Waals surface area contributed by atoms with E-state index in [9.17, 15) is 4.79 Å². The number of amides is 1. The first kappa shape index (κ1) is 18.4. The Balaban J connectivity index is 1.79. The van der Waals surface area contributed by atoms with Crippen molar-refractivity contribution in [1.82, 2.24) is 9.97 Å². The van der Waals surface area contributed by atoms with Crippen molar-refractivity contribution in [1.29, 1.82) is 0 Å². The normalized spacial score (nSPS) is 10.3. The molecule has 6 nitrogen and oxygen atoms in total. The van der Waals surface area contributed by atoms with Crippen LogP contribution in [0.4, 0.5) is 17.3 Å². The molecule has 3 aromatic rings. The zero-order valence-corrected chi connectivity index (χ0v) is 15.6. The van der Waals surface area contributed by atoms with E-state index in [0.29, 0.717) is 24.0 Å². The molecule has 2 N–H and O–H groups in total. The van der Waals surface area contributed by atoms with Gasteiger partial charge in [0.25, 0.3) is 5.91 Å². The number of carbonyl (C=O) groups excluding carboxylic acids is 1. The van der Waals surface area contributed by atoms with Gasteiger partial charge >= 0.3 is 0 Å². The van der Waals surface area contributed by atoms with Gasteiger partial charge in [0, 0.05) is 11.9 Å². The molecule has 0 saturated heterocycles. The van der Waals surface area contributed by atoms with E-state index in [1.165, 1.54) is 5.56 Å². The van der Waals surface area contributed by atoms with Crippen molar-refractivity contribution < 1.29 is 9.53 Å². The highest BCUT2D eigenvalue weighted by atomic mass is 16.5. The van der Waals surface area contributed by atoms with Crippen LogP contribution in [0.15, 0.2) is 54.7 Å². The largest absolute Gasteiger partial charge is 0.492 e. The number of benzene rings is 2. The van der Waals surface area contributed by atoms with E-state index in [0.717, 1.165) is 11.3 Å². The fourth-order valence-electron chi connectivity index (χ4n) is 2.59. The average molecular weight is 362 g/mol. The summed E-state index contributed by atoms with van der Waals surface area (Å²) in [5, 5.41) is 6.02. The lowest BCUT2D eigenvalue weighted by Crippen LogP contribution is -2.15. The molecule has 0 fully saturated rings. The van der Waals surface area contributed by atoms with Crippen molar-refractivity contribution in [3.05, 3.63) is 71.5 Å². The SMILES string of the molecule is CCOc1ccccc1NC(=O)c1ccnc(Nc2cccc(C)c2C)n1. The highest BCUT2D eigenvalue weighted by molar-refractivity contribution is 6.03. The number of aromatic nitrogens is 2. The summed E-state index contributed by atoms with van der Waals surface area (Å²) >= 11 is 0. The molecule has 0 aliphatic rings. The minimum absolute atomic E-state index is 0.268. The van der Waals surface area contributed by atoms with Crippen LogP contribution in [-0.4, -0.2) is 22.5 Å². The van der Waals surface area contributed by atoms with Gasteiger partial charge in [-0.15, -0.1) is 0 Å². The molecule has 3 rings (SSSR count). The summed E-state index contributed by atoms with van der Waals surface area (Å²) in [4.78, 5) is 21.2. The minimum Gasteiger partial charge on any atom is -0.492 e. The lowest BCUT2D eigenvalue weighted by molar-refractivity contribution is 0.102. The van der Waals surface area contributed by atoms with E-state index in [-0.39, 0.29) is 11.6 Å². The van der Waals surface area contributed by atoms with E-state index in [1.54, 1.807) is 18.3 Å². The summed E-state index contributed by atoms with van der Waals surface area (Å²) in [6.07, 6.45) is 1.56. The van der Waals surface area contributed by atoms with Gasteiger partial charge < -0.3 is 15.4 Å². The number of nitrogens with zero attached hydrogens (tertiary/aromatic N) is 2. The van der Waals surface area contributed by atoms with Crippen LogP contribution in [0.25, 0.3) is 0 Å². The Morgan fingerprint density at radius 2 is 1.81 bits per heavy atom. The molecule has 1 aromatic heterocycles. The summed E-state index contributed by atoms with van der Waals surface area (Å²) in [6, 6.07) is 14.8. The number of nitrogens with one attached hydrogen (secondary N) is 2. The standard InChI is InChI=1S/C21H22N4O2/c1-4-27-19-11-6-5-9-17(19)23-20(26)18-12-13-22-21(25-18)24-16-10-7-8-14(2)15(16)3/h5-13H,4H2,1-3H3,(H,23,26)(H,22,24,25). The van der Waals surface area contributed by atoms with Gasteiger partial charge in [0.1, 0.15) is 11.4 Å². The van der Waals surface area contributed by atoms with E-state index in [2.05, 4.69) is 20.6 Å². The number of anilines is 3. The van der Waals surface area contributed by atoms with Crippen molar-refractivity contribution >= 4 is 23.2 Å². The molecule has 0 spiro atoms. The fraction of sp³-hybridized carbons (Fsp3) is 0.190. The van der Waals surface area contributed by atoms with E-state index in [1.807, 2.05) is 57.2 Å². The second-order valence-corrected chi connectivity index (χ2v) is 6.02. The Bertz CT molecular complexity index is 956. The predicted molar refractivity (Wildman–Crippen MR) is 107 cm³/mol. The molecule has 138 valence electrons. The van der Waals surface area contributed by atoms with Crippen LogP contribution in [0, 0.1) is 13.8 Å². The highest BCUT2D eigenvalue weighted by Gasteiger charge is 2.12. The molecule has 0 atom stereocenters. The van der Waals surface area contributed by atoms with Gasteiger partial charge in [0.15, 0.2) is 0 Å². The predicted octanol–water partition coefficient (Wildman–Crippen LogP) is 4.49. The zero-order valence-electron chi connectivity index (χ0n) is 15.6. The van der Waals surface area contributed by atoms with Crippen molar-refractivity contribution in [3.8, 4) is 5.75 Å². The topological polar surface area (TPSA) is 76.1 Å². The highest BCUT2D eigenvalue weighted by Crippen LogP contribution is 2.24. The molecule has 1 amide bonds. The van der Waals surface area contributed by atoms with E-state index in [4.69, 9.17) is 4.74 Å². The third-order valence-corrected chi connectivity index (χ3v) is 4.17. The summed E-state index contributed by atoms with van der Waals surface area (Å²) < 4.78 is 5.54. The molecule has 27 heavy (non-hydrogen) atoms. The number of carbonyl (C=O) groups is 1. The van der Waals surface area contributed by atoms with E-state index < -0.39 is 0 Å². The Morgan fingerprint density at radius 1 is 1.04 bits per heavy atom. The number of ether oxygens (including phenoxy) is 1. The third-order valence-electron chi connectivity index (χ3n) is 4.17. The van der Waals surface area contributed by atoms with Crippen molar-refractivity contribution in [2.75, 3.05) is 17.2 Å². The molecule has 0 saturated carbocycles. The van der Waals surface area contributed by atoms with Crippen LogP contribution in [-0.2, 0) is 0 Å². The maximum atomic E-state index is 12.6. The lowest BCUT2D eigenvalue weighted by atomic mass is 10.1. The van der Waals surface area contributed by atoms with Crippen LogP contribution in [0.3, 0.4) is 0 Å². The minimum atomic E-state index is -0.325. The molecule has 0 bridgehead atoms. The molecular formula is C21H22N4O2. The Morgan fingerprint density at radius 3 is 2.63 bits per heavy atom. The molecule has 6 heteroatoms. The van der Waals surface area contributed by atoms with Crippen molar-refractivity contribution in [2.24, 2.45) is 0 Å². The lowest BCUT2D eigenvalue weighted by Gasteiger charge is -2.12. The Hall–Kier alpha value is -3.41. The van der Waals surface area contributed by atoms with Gasteiger partial charge in [-0.05, 0) is 56.2 Å². The van der Waals surface area contributed by atoms with Crippen LogP contribution >= 0.6 is 0 Å². The number of aryl methyl sites for hydroxylation is 1. The Kier molecular flexibility index (Phi) is 5.66. The first-order chi connectivity index (χ1) is 13.1. The molecule has 0 aliphatic heterocycles. The fourth-order valence-corrected chi connectivity index (χ4v) is 2.59. The summed E-state index contributed by atoms with van der Waals surface area (Å²) in [5.74, 6) is 0.666. The number of hydrogen-bond donors (Lipinski definition) is 2. The van der Waals surface area contributed by atoms with Crippen LogP contribution < -0.4 is 15.4 Å². The number of para-hydroxylation sites is 2. The van der Waals surface area contributed by atoms with Gasteiger partial charge in [-0.3, -0.25) is 4.79 Å². The average Bonchev–Trinajstić information content (AvgIpc) is 2.67. The summed E-state index contributed by atoms with van der Waals surface area (Å²) in [7, 11) is 0. The molecule has 1 heterocycles. The smallest absolute Gasteiger partial charge is 0.274 e. The first-order valence-corrected chi connectivity index (χ1v) is 8.78. The first-order valence-electron chi connectivity index (χ1n) is 8.78. The second-order valence-electron chi connectivity index (χ2n) is 6.02. The number of hydrogen-bond acceptors (Lipinski definition) is 5. The van der Waals surface area contributed by atoms with Crippen molar-refractivity contribution in [3.63, 3.8) is 0 Å². The van der Waals surface area contributed by atoms with Gasteiger partial charge in [-0.2, -0.15) is 0 Å². The molecule has 0 unspecified atom stereocenters. The third kappa shape index (κ3) is 4.41. The van der Waals surface area contributed by atoms with Crippen LogP contribution in [0.2, 0.25) is 0 Å². The second kappa shape index (κ2) is 8.31. The van der Waals surface area contributed by atoms with Gasteiger partial charge in [-0.25, -0.2) is 9.97 Å². The van der Waals surface area contributed by atoms with Crippen LogP contribution in [0.1, 0.15) is 28.5 Å². The monoisotopic (exact) mass is 362 g/mol. The quantitative estimate of drug-likeness (QED) is 0.676. The maximum Gasteiger partial charge on any atom is 0.274 e. The maximum absolute atomic E-state index is 12.6. The Labute approximate surface area is 158 Å². The van der Waals surface area contributed by atoms with Crippen molar-refractivity contribution in [2.45, 2.75) is 20.8 Å². The van der Waals surface area contributed by atoms with Crippen LogP contribution in [0.5, 0.6) is 5.75 Å². The summed E-state index contributed by atoms with van der Waals surface area (Å²) in [6.45, 7) is 6.48. The van der Waals surface area contributed by atoms with Gasteiger partial charge in [0.2, 0.25) is 5.95 Å². The van der Waals surface area contributed by atoms with Gasteiger partial charge in [-0.1, -0.05) is 24.3 Å². The molecular weight excluding hydrogens is 340 g/mol. The molecule has 0 aliphatic carbocycles.